The van der Waals surface area contributed by atoms with E-state index in [2.05, 4.69) is 15.2 Å². The number of aromatic nitrogens is 3. The SMILES string of the molecule is COc1ccc(-c2ccc(C[C@@H](C(N)=O)N(C(=O)C3CCC(CN)CC3)c3ccc4cn[nH]c4c3)cc2)c(C)n1. The molecule has 2 heterocycles. The lowest BCUT2D eigenvalue weighted by Crippen LogP contribution is -2.52. The summed E-state index contributed by atoms with van der Waals surface area (Å²) in [6.45, 7) is 2.57. The van der Waals surface area contributed by atoms with Crippen LogP contribution in [0, 0.1) is 18.8 Å². The molecule has 0 bridgehead atoms. The van der Waals surface area contributed by atoms with E-state index in [1.165, 1.54) is 0 Å². The minimum atomic E-state index is -0.852. The minimum absolute atomic E-state index is 0.0744. The van der Waals surface area contributed by atoms with Crippen molar-refractivity contribution >= 4 is 28.4 Å². The van der Waals surface area contributed by atoms with E-state index < -0.39 is 11.9 Å². The maximum absolute atomic E-state index is 14.1. The van der Waals surface area contributed by atoms with Crippen LogP contribution in [0.3, 0.4) is 0 Å². The van der Waals surface area contributed by atoms with Crippen molar-refractivity contribution in [3.05, 3.63) is 72.1 Å². The number of nitrogens with zero attached hydrogens (tertiary/aromatic N) is 3. The molecule has 1 aliphatic carbocycles. The van der Waals surface area contributed by atoms with E-state index in [1.54, 1.807) is 18.2 Å². The fraction of sp³-hybridized carbons (Fsp3) is 0.355. The molecule has 1 saturated carbocycles. The number of rotatable bonds is 9. The van der Waals surface area contributed by atoms with Gasteiger partial charge in [-0.15, -0.1) is 0 Å². The number of carbonyl (C=O) groups is 2. The lowest BCUT2D eigenvalue weighted by molar-refractivity contribution is -0.127. The molecule has 0 saturated heterocycles. The number of anilines is 1. The van der Waals surface area contributed by atoms with E-state index in [0.717, 1.165) is 59.0 Å². The van der Waals surface area contributed by atoms with Crippen LogP contribution in [0.1, 0.15) is 36.9 Å². The first-order valence-corrected chi connectivity index (χ1v) is 13.7. The number of nitrogens with one attached hydrogen (secondary N) is 1. The summed E-state index contributed by atoms with van der Waals surface area (Å²) < 4.78 is 5.22. The summed E-state index contributed by atoms with van der Waals surface area (Å²) in [5.74, 6) is 0.197. The summed E-state index contributed by atoms with van der Waals surface area (Å²) in [5, 5.41) is 8.00. The summed E-state index contributed by atoms with van der Waals surface area (Å²) in [6.07, 6.45) is 5.33. The van der Waals surface area contributed by atoms with Crippen LogP contribution >= 0.6 is 0 Å². The number of methoxy groups -OCH3 is 1. The van der Waals surface area contributed by atoms with E-state index >= 15 is 0 Å². The number of fused-ring (bicyclic) bond motifs is 1. The van der Waals surface area contributed by atoms with Gasteiger partial charge >= 0.3 is 0 Å². The van der Waals surface area contributed by atoms with Crippen LogP contribution in [0.2, 0.25) is 0 Å². The fourth-order valence-corrected chi connectivity index (χ4v) is 5.70. The molecule has 2 aromatic heterocycles. The molecule has 5 N–H and O–H groups in total. The number of aromatic amines is 1. The Bertz CT molecular complexity index is 1490. The number of ether oxygens (including phenoxy) is 1. The molecule has 9 heteroatoms. The third-order valence-corrected chi connectivity index (χ3v) is 8.07. The van der Waals surface area contributed by atoms with Gasteiger partial charge in [0.05, 0.1) is 18.8 Å². The molecule has 0 unspecified atom stereocenters. The van der Waals surface area contributed by atoms with Crippen LogP contribution in [0.25, 0.3) is 22.0 Å². The average molecular weight is 541 g/mol. The highest BCUT2D eigenvalue weighted by Crippen LogP contribution is 2.33. The number of aryl methyl sites for hydroxylation is 1. The zero-order valence-electron chi connectivity index (χ0n) is 23.0. The van der Waals surface area contributed by atoms with Crippen LogP contribution in [0.15, 0.2) is 60.8 Å². The van der Waals surface area contributed by atoms with Gasteiger partial charge in [-0.3, -0.25) is 19.6 Å². The fourth-order valence-electron chi connectivity index (χ4n) is 5.70. The van der Waals surface area contributed by atoms with Crippen molar-refractivity contribution in [3.63, 3.8) is 0 Å². The molecule has 1 aliphatic rings. The summed E-state index contributed by atoms with van der Waals surface area (Å²) in [5.41, 5.74) is 17.1. The lowest BCUT2D eigenvalue weighted by atomic mass is 9.81. The topological polar surface area (TPSA) is 140 Å². The Labute approximate surface area is 233 Å². The number of carbonyl (C=O) groups excluding carboxylic acids is 2. The molecule has 1 fully saturated rings. The number of H-pyrrole nitrogens is 1. The zero-order valence-corrected chi connectivity index (χ0v) is 23.0. The van der Waals surface area contributed by atoms with Gasteiger partial charge in [0, 0.05) is 40.7 Å². The number of nitrogens with two attached hydrogens (primary N) is 2. The van der Waals surface area contributed by atoms with Gasteiger partial charge < -0.3 is 16.2 Å². The number of pyridine rings is 1. The van der Waals surface area contributed by atoms with Crippen LogP contribution in [0.5, 0.6) is 5.88 Å². The molecule has 9 nitrogen and oxygen atoms in total. The second-order valence-corrected chi connectivity index (χ2v) is 10.6. The monoisotopic (exact) mass is 540 g/mol. The molecule has 4 aromatic rings. The Kier molecular flexibility index (Phi) is 8.11. The number of amides is 2. The molecule has 208 valence electrons. The molecule has 0 spiro atoms. The van der Waals surface area contributed by atoms with E-state index in [9.17, 15) is 9.59 Å². The molecule has 0 radical (unpaired) electrons. The Balaban J connectivity index is 1.45. The number of hydrogen-bond acceptors (Lipinski definition) is 6. The Morgan fingerprint density at radius 2 is 1.82 bits per heavy atom. The number of hydrogen-bond donors (Lipinski definition) is 3. The van der Waals surface area contributed by atoms with Gasteiger partial charge in [0.1, 0.15) is 6.04 Å². The highest BCUT2D eigenvalue weighted by atomic mass is 16.5. The van der Waals surface area contributed by atoms with Crippen LogP contribution in [0.4, 0.5) is 5.69 Å². The Hall–Kier alpha value is -4.24. The van der Waals surface area contributed by atoms with Crippen molar-refractivity contribution in [1.82, 2.24) is 15.2 Å². The van der Waals surface area contributed by atoms with Gasteiger partial charge in [-0.1, -0.05) is 24.3 Å². The molecule has 2 aromatic carbocycles. The van der Waals surface area contributed by atoms with Gasteiger partial charge in [0.25, 0.3) is 0 Å². The molecule has 40 heavy (non-hydrogen) atoms. The lowest BCUT2D eigenvalue weighted by Gasteiger charge is -2.35. The average Bonchev–Trinajstić information content (AvgIpc) is 3.45. The normalized spacial score (nSPS) is 17.9. The summed E-state index contributed by atoms with van der Waals surface area (Å²) in [7, 11) is 1.59. The molecule has 5 rings (SSSR count). The van der Waals surface area contributed by atoms with E-state index in [0.29, 0.717) is 30.5 Å². The van der Waals surface area contributed by atoms with E-state index in [1.807, 2.05) is 61.5 Å². The first kappa shape index (κ1) is 27.3. The summed E-state index contributed by atoms with van der Waals surface area (Å²) in [6, 6.07) is 16.5. The zero-order chi connectivity index (χ0) is 28.2. The predicted octanol–water partition coefficient (Wildman–Crippen LogP) is 4.14. The van der Waals surface area contributed by atoms with Crippen LogP contribution in [-0.2, 0) is 16.0 Å². The third kappa shape index (κ3) is 5.70. The maximum atomic E-state index is 14.1. The van der Waals surface area contributed by atoms with Crippen molar-refractivity contribution in [1.29, 1.82) is 0 Å². The smallest absolute Gasteiger partial charge is 0.240 e. The largest absolute Gasteiger partial charge is 0.481 e. The number of benzene rings is 2. The van der Waals surface area contributed by atoms with Crippen molar-refractivity contribution in [3.8, 4) is 17.0 Å². The quantitative estimate of drug-likeness (QED) is 0.292. The van der Waals surface area contributed by atoms with Gasteiger partial charge in [0.2, 0.25) is 17.7 Å². The predicted molar refractivity (Wildman–Crippen MR) is 156 cm³/mol. The first-order valence-electron chi connectivity index (χ1n) is 13.7. The van der Waals surface area contributed by atoms with Crippen molar-refractivity contribution in [2.75, 3.05) is 18.6 Å². The summed E-state index contributed by atoms with van der Waals surface area (Å²) >= 11 is 0. The standard InChI is InChI=1S/C31H36N6O3/c1-19-26(13-14-29(35-19)40-2)22-7-3-20(4-8-22)15-28(30(33)38)37(25-12-11-24-18-34-36-27(24)16-25)31(39)23-9-5-21(17-32)6-10-23/h3-4,7-8,11-14,16,18,21,23,28H,5-6,9-10,15,17,32H2,1-2H3,(H2,33,38)(H,34,36)/t21?,23?,28-/m0/s1. The number of primary amides is 1. The van der Waals surface area contributed by atoms with Gasteiger partial charge in [-0.05, 0) is 80.5 Å². The van der Waals surface area contributed by atoms with Crippen molar-refractivity contribution in [2.24, 2.45) is 23.3 Å². The van der Waals surface area contributed by atoms with Gasteiger partial charge in [-0.25, -0.2) is 4.98 Å². The molecule has 2 amide bonds. The first-order chi connectivity index (χ1) is 19.4. The van der Waals surface area contributed by atoms with Crippen LogP contribution < -0.4 is 21.1 Å². The second-order valence-electron chi connectivity index (χ2n) is 10.6. The van der Waals surface area contributed by atoms with Crippen molar-refractivity contribution < 1.29 is 14.3 Å². The molecular formula is C31H36N6O3. The van der Waals surface area contributed by atoms with Crippen molar-refractivity contribution in [2.45, 2.75) is 45.1 Å². The van der Waals surface area contributed by atoms with Gasteiger partial charge in [0.15, 0.2) is 0 Å². The maximum Gasteiger partial charge on any atom is 0.240 e. The third-order valence-electron chi connectivity index (χ3n) is 8.07. The Morgan fingerprint density at radius 1 is 1.07 bits per heavy atom. The highest BCUT2D eigenvalue weighted by molar-refractivity contribution is 6.03. The van der Waals surface area contributed by atoms with Gasteiger partial charge in [-0.2, -0.15) is 5.10 Å². The highest BCUT2D eigenvalue weighted by Gasteiger charge is 2.36. The second kappa shape index (κ2) is 11.9. The molecular weight excluding hydrogens is 504 g/mol. The molecule has 1 atom stereocenters. The van der Waals surface area contributed by atoms with Crippen LogP contribution in [-0.4, -0.2) is 46.7 Å². The van der Waals surface area contributed by atoms with E-state index in [4.69, 9.17) is 16.2 Å². The Morgan fingerprint density at radius 3 is 2.48 bits per heavy atom. The molecule has 0 aliphatic heterocycles. The van der Waals surface area contributed by atoms with E-state index in [-0.39, 0.29) is 11.8 Å². The minimum Gasteiger partial charge on any atom is -0.481 e. The summed E-state index contributed by atoms with van der Waals surface area (Å²) in [4.78, 5) is 33.1.